The van der Waals surface area contributed by atoms with Crippen molar-refractivity contribution in [1.29, 1.82) is 0 Å². The number of alkyl halides is 1. The van der Waals surface area contributed by atoms with Crippen LogP contribution in [0.4, 0.5) is 0 Å². The van der Waals surface area contributed by atoms with E-state index in [2.05, 4.69) is 48.5 Å². The Morgan fingerprint density at radius 3 is 1.62 bits per heavy atom. The van der Waals surface area contributed by atoms with Crippen LogP contribution in [0.25, 0.3) is 0 Å². The minimum atomic E-state index is -0.0914. The van der Waals surface area contributed by atoms with Crippen molar-refractivity contribution in [3.05, 3.63) is 0 Å². The van der Waals surface area contributed by atoms with Crippen molar-refractivity contribution in [2.75, 3.05) is 0 Å². The molecule has 0 aromatic heterocycles. The summed E-state index contributed by atoms with van der Waals surface area (Å²) in [5.74, 6) is 1.20. The zero-order chi connectivity index (χ0) is 10.9. The minimum Gasteiger partial charge on any atom is -0.120 e. The lowest BCUT2D eigenvalue weighted by Crippen LogP contribution is -2.35. The van der Waals surface area contributed by atoms with E-state index in [4.69, 9.17) is 11.6 Å². The molecule has 0 nitrogen and oxygen atoms in total. The average molecular weight is 205 g/mol. The lowest BCUT2D eigenvalue weighted by molar-refractivity contribution is 0.138. The molecule has 0 heterocycles. The highest BCUT2D eigenvalue weighted by atomic mass is 35.5. The van der Waals surface area contributed by atoms with Gasteiger partial charge in [0.1, 0.15) is 0 Å². The summed E-state index contributed by atoms with van der Waals surface area (Å²) in [7, 11) is 0. The fourth-order valence-corrected chi connectivity index (χ4v) is 1.78. The third-order valence-corrected chi connectivity index (χ3v) is 4.32. The van der Waals surface area contributed by atoms with Crippen molar-refractivity contribution in [3.63, 3.8) is 0 Å². The number of rotatable bonds is 4. The molecule has 80 valence electrons. The van der Waals surface area contributed by atoms with Crippen molar-refractivity contribution in [2.45, 2.75) is 59.8 Å². The molecule has 0 fully saturated rings. The minimum absolute atomic E-state index is 0.0914. The Morgan fingerprint density at radius 1 is 1.00 bits per heavy atom. The predicted molar refractivity (Wildman–Crippen MR) is 62.3 cm³/mol. The fraction of sp³-hybridized carbons (Fsp3) is 1.00. The van der Waals surface area contributed by atoms with Crippen LogP contribution in [0.1, 0.15) is 54.9 Å². The van der Waals surface area contributed by atoms with E-state index in [1.807, 2.05) is 0 Å². The lowest BCUT2D eigenvalue weighted by atomic mass is 9.69. The molecule has 2 unspecified atom stereocenters. The molecule has 0 aromatic carbocycles. The number of hydrogen-bond acceptors (Lipinski definition) is 0. The summed E-state index contributed by atoms with van der Waals surface area (Å²) in [6, 6.07) is 0. The molecule has 0 aliphatic rings. The van der Waals surface area contributed by atoms with Gasteiger partial charge in [0, 0.05) is 4.87 Å². The van der Waals surface area contributed by atoms with E-state index in [0.717, 1.165) is 0 Å². The third kappa shape index (κ3) is 3.50. The maximum atomic E-state index is 6.34. The van der Waals surface area contributed by atoms with Gasteiger partial charge in [-0.3, -0.25) is 0 Å². The summed E-state index contributed by atoms with van der Waals surface area (Å²) in [4.78, 5) is -0.0914. The average Bonchev–Trinajstić information content (AvgIpc) is 2.00. The molecule has 2 atom stereocenters. The first-order chi connectivity index (χ1) is 5.63. The number of hydrogen-bond donors (Lipinski definition) is 0. The largest absolute Gasteiger partial charge is 0.120 e. The summed E-state index contributed by atoms with van der Waals surface area (Å²) in [5, 5.41) is 0. The lowest BCUT2D eigenvalue weighted by Gasteiger charge is -2.40. The Kier molecular flexibility index (Phi) is 4.30. The Hall–Kier alpha value is 0.290. The summed E-state index contributed by atoms with van der Waals surface area (Å²) in [5.41, 5.74) is 0.394. The first-order valence-corrected chi connectivity index (χ1v) is 5.69. The molecule has 0 rings (SSSR count). The molecule has 1 heteroatoms. The van der Waals surface area contributed by atoms with Crippen LogP contribution in [0, 0.1) is 17.3 Å². The molecule has 13 heavy (non-hydrogen) atoms. The Morgan fingerprint density at radius 2 is 1.38 bits per heavy atom. The highest BCUT2D eigenvalue weighted by Gasteiger charge is 2.35. The van der Waals surface area contributed by atoms with Gasteiger partial charge in [0.15, 0.2) is 0 Å². The van der Waals surface area contributed by atoms with Gasteiger partial charge in [-0.05, 0) is 31.1 Å². The first-order valence-electron chi connectivity index (χ1n) is 5.32. The predicted octanol–water partition coefficient (Wildman–Crippen LogP) is 4.71. The quantitative estimate of drug-likeness (QED) is 0.582. The molecule has 0 radical (unpaired) electrons. The molecular formula is C12H25Cl. The van der Waals surface area contributed by atoms with E-state index in [9.17, 15) is 0 Å². The molecule has 0 aromatic rings. The third-order valence-electron chi connectivity index (χ3n) is 3.98. The molecule has 0 amide bonds. The zero-order valence-corrected chi connectivity index (χ0v) is 11.0. The van der Waals surface area contributed by atoms with E-state index in [1.165, 1.54) is 6.42 Å². The van der Waals surface area contributed by atoms with Crippen molar-refractivity contribution in [2.24, 2.45) is 17.3 Å². The number of halogens is 1. The SMILES string of the molecule is CCC(C)(C)C(C)C(C)C(C)(C)Cl. The Balaban J connectivity index is 4.52. The molecule has 0 aliphatic heterocycles. The van der Waals surface area contributed by atoms with Gasteiger partial charge in [0.25, 0.3) is 0 Å². The van der Waals surface area contributed by atoms with E-state index in [1.54, 1.807) is 0 Å². The van der Waals surface area contributed by atoms with Crippen LogP contribution >= 0.6 is 11.6 Å². The van der Waals surface area contributed by atoms with Gasteiger partial charge in [-0.2, -0.15) is 0 Å². The maximum absolute atomic E-state index is 6.34. The van der Waals surface area contributed by atoms with Gasteiger partial charge >= 0.3 is 0 Å². The van der Waals surface area contributed by atoms with Crippen LogP contribution < -0.4 is 0 Å². The van der Waals surface area contributed by atoms with Crippen LogP contribution in [-0.2, 0) is 0 Å². The summed E-state index contributed by atoms with van der Waals surface area (Å²) in [6.07, 6.45) is 1.21. The summed E-state index contributed by atoms with van der Waals surface area (Å²) < 4.78 is 0. The van der Waals surface area contributed by atoms with E-state index >= 15 is 0 Å². The smallest absolute Gasteiger partial charge is 0.0418 e. The van der Waals surface area contributed by atoms with Gasteiger partial charge in [0.2, 0.25) is 0 Å². The maximum Gasteiger partial charge on any atom is 0.0418 e. The van der Waals surface area contributed by atoms with Gasteiger partial charge < -0.3 is 0 Å². The summed E-state index contributed by atoms with van der Waals surface area (Å²) >= 11 is 6.34. The van der Waals surface area contributed by atoms with Crippen LogP contribution in [-0.4, -0.2) is 4.87 Å². The molecule has 0 bridgehead atoms. The zero-order valence-electron chi connectivity index (χ0n) is 10.2. The van der Waals surface area contributed by atoms with Crippen LogP contribution in [0.5, 0.6) is 0 Å². The van der Waals surface area contributed by atoms with E-state index in [-0.39, 0.29) is 4.87 Å². The molecule has 0 saturated heterocycles. The van der Waals surface area contributed by atoms with Crippen molar-refractivity contribution in [1.82, 2.24) is 0 Å². The normalized spacial score (nSPS) is 18.5. The molecule has 0 aliphatic carbocycles. The highest BCUT2D eigenvalue weighted by Crippen LogP contribution is 2.41. The van der Waals surface area contributed by atoms with Crippen molar-refractivity contribution in [3.8, 4) is 0 Å². The Bertz CT molecular complexity index is 153. The van der Waals surface area contributed by atoms with Gasteiger partial charge in [-0.15, -0.1) is 11.6 Å². The second-order valence-electron chi connectivity index (χ2n) is 5.48. The van der Waals surface area contributed by atoms with E-state index < -0.39 is 0 Å². The second-order valence-corrected chi connectivity index (χ2v) is 6.46. The molecule has 0 spiro atoms. The summed E-state index contributed by atoms with van der Waals surface area (Å²) in [6.45, 7) is 15.7. The van der Waals surface area contributed by atoms with Gasteiger partial charge in [-0.1, -0.05) is 41.0 Å². The first kappa shape index (κ1) is 13.3. The monoisotopic (exact) mass is 204 g/mol. The van der Waals surface area contributed by atoms with Crippen molar-refractivity contribution >= 4 is 11.6 Å². The topological polar surface area (TPSA) is 0 Å². The van der Waals surface area contributed by atoms with Crippen LogP contribution in [0.15, 0.2) is 0 Å². The standard InChI is InChI=1S/C12H25Cl/c1-8-11(4,5)9(2)10(3)12(6,7)13/h9-10H,8H2,1-7H3. The van der Waals surface area contributed by atoms with Crippen molar-refractivity contribution < 1.29 is 0 Å². The van der Waals surface area contributed by atoms with Gasteiger partial charge in [-0.25, -0.2) is 0 Å². The van der Waals surface area contributed by atoms with E-state index in [0.29, 0.717) is 17.3 Å². The molecular weight excluding hydrogens is 180 g/mol. The molecule has 0 N–H and O–H groups in total. The van der Waals surface area contributed by atoms with Gasteiger partial charge in [0.05, 0.1) is 0 Å². The Labute approximate surface area is 89.1 Å². The second kappa shape index (κ2) is 4.21. The highest BCUT2D eigenvalue weighted by molar-refractivity contribution is 6.23. The molecule has 0 saturated carbocycles. The van der Waals surface area contributed by atoms with Crippen LogP contribution in [0.3, 0.4) is 0 Å². The van der Waals surface area contributed by atoms with Crippen LogP contribution in [0.2, 0.25) is 0 Å². The fourth-order valence-electron chi connectivity index (χ4n) is 1.59.